The normalized spacial score (nSPS) is 14.6. The van der Waals surface area contributed by atoms with Crippen LogP contribution in [0.4, 0.5) is 4.39 Å². The molecular formula is C14H21ClFN. The van der Waals surface area contributed by atoms with E-state index in [2.05, 4.69) is 26.1 Å². The monoisotopic (exact) mass is 257 g/mol. The number of benzene rings is 1. The summed E-state index contributed by atoms with van der Waals surface area (Å²) < 4.78 is 13.6. The van der Waals surface area contributed by atoms with Gasteiger partial charge >= 0.3 is 0 Å². The molecule has 0 aliphatic heterocycles. The van der Waals surface area contributed by atoms with Crippen molar-refractivity contribution in [1.29, 1.82) is 0 Å². The van der Waals surface area contributed by atoms with Gasteiger partial charge in [0.15, 0.2) is 0 Å². The van der Waals surface area contributed by atoms with Gasteiger partial charge < -0.3 is 5.32 Å². The third-order valence-corrected chi connectivity index (χ3v) is 3.13. The maximum absolute atomic E-state index is 13.6. The zero-order chi connectivity index (χ0) is 12.8. The molecule has 0 aliphatic carbocycles. The zero-order valence-electron chi connectivity index (χ0n) is 10.8. The molecule has 0 bridgehead atoms. The first-order valence-electron chi connectivity index (χ1n) is 6.20. The number of halogens is 2. The Bertz CT molecular complexity index is 354. The predicted molar refractivity (Wildman–Crippen MR) is 72.0 cm³/mol. The van der Waals surface area contributed by atoms with Gasteiger partial charge in [-0.1, -0.05) is 31.5 Å². The molecule has 0 saturated carbocycles. The lowest BCUT2D eigenvalue weighted by Crippen LogP contribution is -2.27. The molecule has 1 N–H and O–H groups in total. The fourth-order valence-electron chi connectivity index (χ4n) is 2.18. The topological polar surface area (TPSA) is 12.0 Å². The van der Waals surface area contributed by atoms with Crippen LogP contribution in [0.1, 0.15) is 32.8 Å². The van der Waals surface area contributed by atoms with Crippen molar-refractivity contribution in [2.75, 3.05) is 6.54 Å². The lowest BCUT2D eigenvalue weighted by atomic mass is 9.94. The molecule has 0 fully saturated rings. The molecule has 1 aromatic rings. The minimum atomic E-state index is -0.194. The van der Waals surface area contributed by atoms with E-state index in [9.17, 15) is 4.39 Å². The SMILES string of the molecule is CCNC(C)CC(C)Cc1ccc(Cl)cc1F. The molecule has 1 rings (SSSR count). The van der Waals surface area contributed by atoms with Gasteiger partial charge in [-0.2, -0.15) is 0 Å². The predicted octanol–water partition coefficient (Wildman–Crippen LogP) is 4.05. The second kappa shape index (κ2) is 6.97. The van der Waals surface area contributed by atoms with Gasteiger partial charge in [0, 0.05) is 11.1 Å². The Labute approximate surface area is 108 Å². The van der Waals surface area contributed by atoms with Gasteiger partial charge in [-0.3, -0.25) is 0 Å². The Kier molecular flexibility index (Phi) is 5.93. The van der Waals surface area contributed by atoms with Crippen molar-refractivity contribution in [3.8, 4) is 0 Å². The highest BCUT2D eigenvalue weighted by Crippen LogP contribution is 2.19. The van der Waals surface area contributed by atoms with Crippen molar-refractivity contribution in [2.45, 2.75) is 39.7 Å². The quantitative estimate of drug-likeness (QED) is 0.811. The van der Waals surface area contributed by atoms with Gasteiger partial charge in [-0.05, 0) is 49.9 Å². The van der Waals surface area contributed by atoms with E-state index in [0.717, 1.165) is 24.9 Å². The molecule has 1 nitrogen and oxygen atoms in total. The van der Waals surface area contributed by atoms with E-state index < -0.39 is 0 Å². The molecule has 0 aromatic heterocycles. The van der Waals surface area contributed by atoms with E-state index in [1.165, 1.54) is 6.07 Å². The first-order chi connectivity index (χ1) is 8.02. The van der Waals surface area contributed by atoms with Crippen LogP contribution in [-0.4, -0.2) is 12.6 Å². The highest BCUT2D eigenvalue weighted by Gasteiger charge is 2.11. The maximum Gasteiger partial charge on any atom is 0.127 e. The fraction of sp³-hybridized carbons (Fsp3) is 0.571. The summed E-state index contributed by atoms with van der Waals surface area (Å²) in [7, 11) is 0. The minimum Gasteiger partial charge on any atom is -0.315 e. The molecule has 0 spiro atoms. The second-order valence-electron chi connectivity index (χ2n) is 4.74. The van der Waals surface area contributed by atoms with E-state index in [4.69, 9.17) is 11.6 Å². The summed E-state index contributed by atoms with van der Waals surface area (Å²) in [5.74, 6) is 0.264. The highest BCUT2D eigenvalue weighted by atomic mass is 35.5. The summed E-state index contributed by atoms with van der Waals surface area (Å²) >= 11 is 5.73. The highest BCUT2D eigenvalue weighted by molar-refractivity contribution is 6.30. The minimum absolute atomic E-state index is 0.194. The fourth-order valence-corrected chi connectivity index (χ4v) is 2.34. The van der Waals surface area contributed by atoms with Gasteiger partial charge in [0.25, 0.3) is 0 Å². The Hall–Kier alpha value is -0.600. The van der Waals surface area contributed by atoms with Gasteiger partial charge in [0.05, 0.1) is 0 Å². The van der Waals surface area contributed by atoms with Crippen LogP contribution in [-0.2, 0) is 6.42 Å². The van der Waals surface area contributed by atoms with Crippen molar-refractivity contribution in [3.63, 3.8) is 0 Å². The third kappa shape index (κ3) is 5.05. The van der Waals surface area contributed by atoms with Gasteiger partial charge in [-0.15, -0.1) is 0 Å². The summed E-state index contributed by atoms with van der Waals surface area (Å²) in [5.41, 5.74) is 0.755. The molecule has 0 aliphatic rings. The van der Waals surface area contributed by atoms with Crippen molar-refractivity contribution < 1.29 is 4.39 Å². The molecule has 1 aromatic carbocycles. The number of hydrogen-bond acceptors (Lipinski definition) is 1. The van der Waals surface area contributed by atoms with Crippen LogP contribution < -0.4 is 5.32 Å². The summed E-state index contributed by atoms with van der Waals surface area (Å²) in [6.07, 6.45) is 1.81. The van der Waals surface area contributed by atoms with Crippen LogP contribution >= 0.6 is 11.6 Å². The van der Waals surface area contributed by atoms with Crippen molar-refractivity contribution >= 4 is 11.6 Å². The first-order valence-corrected chi connectivity index (χ1v) is 6.58. The molecule has 0 radical (unpaired) electrons. The Morgan fingerprint density at radius 2 is 2.06 bits per heavy atom. The van der Waals surface area contributed by atoms with Crippen LogP contribution in [0.25, 0.3) is 0 Å². The van der Waals surface area contributed by atoms with E-state index in [1.807, 2.05) is 0 Å². The summed E-state index contributed by atoms with van der Waals surface area (Å²) in [6, 6.07) is 5.40. The van der Waals surface area contributed by atoms with Crippen LogP contribution in [0.3, 0.4) is 0 Å². The van der Waals surface area contributed by atoms with E-state index >= 15 is 0 Å². The smallest absolute Gasteiger partial charge is 0.127 e. The van der Waals surface area contributed by atoms with Gasteiger partial charge in [0.2, 0.25) is 0 Å². The second-order valence-corrected chi connectivity index (χ2v) is 5.18. The lowest BCUT2D eigenvalue weighted by Gasteiger charge is -2.18. The molecule has 2 unspecified atom stereocenters. The van der Waals surface area contributed by atoms with Crippen molar-refractivity contribution in [2.24, 2.45) is 5.92 Å². The summed E-state index contributed by atoms with van der Waals surface area (Å²) in [4.78, 5) is 0. The van der Waals surface area contributed by atoms with Crippen molar-refractivity contribution in [3.05, 3.63) is 34.6 Å². The molecule has 96 valence electrons. The van der Waals surface area contributed by atoms with E-state index in [-0.39, 0.29) is 5.82 Å². The Morgan fingerprint density at radius 1 is 1.35 bits per heavy atom. The Morgan fingerprint density at radius 3 is 2.65 bits per heavy atom. The Balaban J connectivity index is 2.52. The number of nitrogens with one attached hydrogen (secondary N) is 1. The van der Waals surface area contributed by atoms with Gasteiger partial charge in [-0.25, -0.2) is 4.39 Å². The lowest BCUT2D eigenvalue weighted by molar-refractivity contribution is 0.421. The van der Waals surface area contributed by atoms with Crippen LogP contribution in [0.2, 0.25) is 5.02 Å². The van der Waals surface area contributed by atoms with Crippen LogP contribution in [0, 0.1) is 11.7 Å². The van der Waals surface area contributed by atoms with E-state index in [1.54, 1.807) is 12.1 Å². The maximum atomic E-state index is 13.6. The van der Waals surface area contributed by atoms with Crippen molar-refractivity contribution in [1.82, 2.24) is 5.32 Å². The molecule has 0 saturated heterocycles. The molecule has 0 amide bonds. The number of rotatable bonds is 6. The van der Waals surface area contributed by atoms with Crippen LogP contribution in [0.15, 0.2) is 18.2 Å². The van der Waals surface area contributed by atoms with E-state index in [0.29, 0.717) is 17.0 Å². The zero-order valence-corrected chi connectivity index (χ0v) is 11.5. The molecule has 0 heterocycles. The third-order valence-electron chi connectivity index (χ3n) is 2.89. The molecule has 2 atom stereocenters. The first kappa shape index (κ1) is 14.5. The summed E-state index contributed by atoms with van der Waals surface area (Å²) in [5, 5.41) is 3.83. The summed E-state index contributed by atoms with van der Waals surface area (Å²) in [6.45, 7) is 7.39. The average molecular weight is 258 g/mol. The molecule has 17 heavy (non-hydrogen) atoms. The molecular weight excluding hydrogens is 237 g/mol. The molecule has 3 heteroatoms. The van der Waals surface area contributed by atoms with Crippen LogP contribution in [0.5, 0.6) is 0 Å². The standard InChI is InChI=1S/C14H21ClFN/c1-4-17-11(3)7-10(2)8-12-5-6-13(15)9-14(12)16/h5-6,9-11,17H,4,7-8H2,1-3H3. The largest absolute Gasteiger partial charge is 0.315 e. The van der Waals surface area contributed by atoms with Gasteiger partial charge in [0.1, 0.15) is 5.82 Å². The number of hydrogen-bond donors (Lipinski definition) is 1. The average Bonchev–Trinajstić information content (AvgIpc) is 2.22.